The molecule has 2 aromatic rings. The molecule has 0 saturated heterocycles. The molecular formula is C11H11ClN4O. The van der Waals surface area contributed by atoms with Crippen LogP contribution in [0.3, 0.4) is 0 Å². The van der Waals surface area contributed by atoms with Crippen LogP contribution in [0, 0.1) is 0 Å². The summed E-state index contributed by atoms with van der Waals surface area (Å²) in [5.74, 6) is -0.303. The van der Waals surface area contributed by atoms with Crippen LogP contribution in [0.1, 0.15) is 17.4 Å². The number of aromatic nitrogens is 3. The molecule has 0 aliphatic rings. The Balaban J connectivity index is 2.11. The molecule has 88 valence electrons. The number of carbonyl (C=O) groups excluding carboxylic acids is 1. The minimum Gasteiger partial charge on any atom is -0.318 e. The van der Waals surface area contributed by atoms with Gasteiger partial charge in [-0.05, 0) is 19.1 Å². The second-order valence-electron chi connectivity index (χ2n) is 3.40. The van der Waals surface area contributed by atoms with Crippen LogP contribution in [0.25, 0.3) is 0 Å². The van der Waals surface area contributed by atoms with Crippen molar-refractivity contribution in [1.82, 2.24) is 14.8 Å². The molecule has 0 aromatic carbocycles. The Kier molecular flexibility index (Phi) is 3.39. The number of anilines is 1. The molecule has 0 bridgehead atoms. The Hall–Kier alpha value is -1.88. The molecular weight excluding hydrogens is 240 g/mol. The highest BCUT2D eigenvalue weighted by molar-refractivity contribution is 6.30. The Morgan fingerprint density at radius 3 is 3.06 bits per heavy atom. The smallest absolute Gasteiger partial charge is 0.274 e. The van der Waals surface area contributed by atoms with E-state index in [4.69, 9.17) is 11.6 Å². The van der Waals surface area contributed by atoms with Gasteiger partial charge < -0.3 is 5.32 Å². The van der Waals surface area contributed by atoms with Crippen molar-refractivity contribution in [3.63, 3.8) is 0 Å². The van der Waals surface area contributed by atoms with Crippen LogP contribution < -0.4 is 5.32 Å². The lowest BCUT2D eigenvalue weighted by Gasteiger charge is -2.01. The normalized spacial score (nSPS) is 10.2. The third-order valence-electron chi connectivity index (χ3n) is 2.17. The summed E-state index contributed by atoms with van der Waals surface area (Å²) < 4.78 is 1.72. The van der Waals surface area contributed by atoms with Crippen LogP contribution in [-0.4, -0.2) is 20.7 Å². The van der Waals surface area contributed by atoms with Gasteiger partial charge in [0.1, 0.15) is 5.69 Å². The first-order valence-electron chi connectivity index (χ1n) is 5.14. The van der Waals surface area contributed by atoms with Gasteiger partial charge in [0.25, 0.3) is 5.91 Å². The number of hydrogen-bond acceptors (Lipinski definition) is 3. The first-order valence-corrected chi connectivity index (χ1v) is 5.52. The average Bonchev–Trinajstić information content (AvgIpc) is 2.77. The van der Waals surface area contributed by atoms with E-state index in [9.17, 15) is 4.79 Å². The first kappa shape index (κ1) is 11.6. The molecule has 0 unspecified atom stereocenters. The molecule has 6 heteroatoms. The number of aryl methyl sites for hydroxylation is 1. The predicted molar refractivity (Wildman–Crippen MR) is 65.1 cm³/mol. The summed E-state index contributed by atoms with van der Waals surface area (Å²) >= 11 is 5.78. The van der Waals surface area contributed by atoms with Gasteiger partial charge in [-0.1, -0.05) is 11.6 Å². The van der Waals surface area contributed by atoms with E-state index in [-0.39, 0.29) is 11.6 Å². The minimum absolute atomic E-state index is 0.279. The molecule has 2 heterocycles. The molecule has 1 amide bonds. The van der Waals surface area contributed by atoms with Crippen LogP contribution >= 0.6 is 11.6 Å². The molecule has 0 radical (unpaired) electrons. The minimum atomic E-state index is -0.303. The van der Waals surface area contributed by atoms with E-state index >= 15 is 0 Å². The molecule has 0 spiro atoms. The molecule has 0 aliphatic heterocycles. The number of rotatable bonds is 3. The van der Waals surface area contributed by atoms with Gasteiger partial charge in [-0.3, -0.25) is 14.5 Å². The number of carbonyl (C=O) groups is 1. The number of pyridine rings is 1. The fourth-order valence-corrected chi connectivity index (χ4v) is 1.48. The molecule has 0 atom stereocenters. The monoisotopic (exact) mass is 250 g/mol. The first-order chi connectivity index (χ1) is 8.19. The van der Waals surface area contributed by atoms with Crippen LogP contribution in [0.5, 0.6) is 0 Å². The van der Waals surface area contributed by atoms with E-state index in [0.29, 0.717) is 10.7 Å². The van der Waals surface area contributed by atoms with E-state index < -0.39 is 0 Å². The SMILES string of the molecule is CCn1cc(NC(=O)c2cc(Cl)ccn2)cn1. The average molecular weight is 251 g/mol. The number of amides is 1. The lowest BCUT2D eigenvalue weighted by Crippen LogP contribution is -2.13. The highest BCUT2D eigenvalue weighted by atomic mass is 35.5. The van der Waals surface area contributed by atoms with Crippen molar-refractivity contribution in [1.29, 1.82) is 0 Å². The number of nitrogens with one attached hydrogen (secondary N) is 1. The van der Waals surface area contributed by atoms with Crippen molar-refractivity contribution in [2.45, 2.75) is 13.5 Å². The maximum absolute atomic E-state index is 11.8. The number of halogens is 1. The fourth-order valence-electron chi connectivity index (χ4n) is 1.33. The van der Waals surface area contributed by atoms with Crippen molar-refractivity contribution in [2.24, 2.45) is 0 Å². The topological polar surface area (TPSA) is 59.8 Å². The highest BCUT2D eigenvalue weighted by Gasteiger charge is 2.08. The zero-order valence-corrected chi connectivity index (χ0v) is 9.98. The van der Waals surface area contributed by atoms with Gasteiger partial charge in [-0.2, -0.15) is 5.10 Å². The van der Waals surface area contributed by atoms with Crippen molar-refractivity contribution in [3.8, 4) is 0 Å². The Bertz CT molecular complexity index is 538. The molecule has 0 fully saturated rings. The van der Waals surface area contributed by atoms with Crippen LogP contribution in [0.4, 0.5) is 5.69 Å². The summed E-state index contributed by atoms with van der Waals surface area (Å²) in [5, 5.41) is 7.23. The van der Waals surface area contributed by atoms with Gasteiger partial charge in [0.05, 0.1) is 11.9 Å². The lowest BCUT2D eigenvalue weighted by atomic mass is 10.3. The molecule has 2 rings (SSSR count). The third-order valence-corrected chi connectivity index (χ3v) is 2.40. The molecule has 5 nitrogen and oxygen atoms in total. The molecule has 0 aliphatic carbocycles. The summed E-state index contributed by atoms with van der Waals surface area (Å²) in [6, 6.07) is 3.13. The van der Waals surface area contributed by atoms with Crippen LogP contribution in [-0.2, 0) is 6.54 Å². The highest BCUT2D eigenvalue weighted by Crippen LogP contribution is 2.11. The summed E-state index contributed by atoms with van der Waals surface area (Å²) in [7, 11) is 0. The number of nitrogens with zero attached hydrogens (tertiary/aromatic N) is 3. The van der Waals surface area contributed by atoms with E-state index in [1.165, 1.54) is 12.3 Å². The van der Waals surface area contributed by atoms with Gasteiger partial charge in [0, 0.05) is 24.0 Å². The van der Waals surface area contributed by atoms with Crippen molar-refractivity contribution in [3.05, 3.63) is 41.4 Å². The van der Waals surface area contributed by atoms with E-state index in [1.807, 2.05) is 6.92 Å². The quantitative estimate of drug-likeness (QED) is 0.909. The van der Waals surface area contributed by atoms with Gasteiger partial charge in [0.15, 0.2) is 0 Å². The fraction of sp³-hybridized carbons (Fsp3) is 0.182. The van der Waals surface area contributed by atoms with Gasteiger partial charge in [-0.25, -0.2) is 0 Å². The second-order valence-corrected chi connectivity index (χ2v) is 3.83. The Morgan fingerprint density at radius 2 is 2.41 bits per heavy atom. The third kappa shape index (κ3) is 2.82. The maximum Gasteiger partial charge on any atom is 0.274 e. The second kappa shape index (κ2) is 4.97. The van der Waals surface area contributed by atoms with Crippen molar-refractivity contribution >= 4 is 23.2 Å². The molecule has 2 aromatic heterocycles. The lowest BCUT2D eigenvalue weighted by molar-refractivity contribution is 0.102. The summed E-state index contributed by atoms with van der Waals surface area (Å²) in [5.41, 5.74) is 0.917. The van der Waals surface area contributed by atoms with E-state index in [0.717, 1.165) is 6.54 Å². The summed E-state index contributed by atoms with van der Waals surface area (Å²) in [6.07, 6.45) is 4.83. The van der Waals surface area contributed by atoms with Gasteiger partial charge >= 0.3 is 0 Å². The van der Waals surface area contributed by atoms with E-state index in [1.54, 1.807) is 23.1 Å². The molecule has 1 N–H and O–H groups in total. The van der Waals surface area contributed by atoms with E-state index in [2.05, 4.69) is 15.4 Å². The Labute approximate surface area is 103 Å². The molecule has 0 saturated carbocycles. The predicted octanol–water partition coefficient (Wildman–Crippen LogP) is 2.20. The summed E-state index contributed by atoms with van der Waals surface area (Å²) in [6.45, 7) is 2.72. The van der Waals surface area contributed by atoms with Crippen molar-refractivity contribution < 1.29 is 4.79 Å². The molecule has 17 heavy (non-hydrogen) atoms. The summed E-state index contributed by atoms with van der Waals surface area (Å²) in [4.78, 5) is 15.7. The zero-order chi connectivity index (χ0) is 12.3. The van der Waals surface area contributed by atoms with Crippen molar-refractivity contribution in [2.75, 3.05) is 5.32 Å². The van der Waals surface area contributed by atoms with Crippen LogP contribution in [0.15, 0.2) is 30.7 Å². The maximum atomic E-state index is 11.8. The van der Waals surface area contributed by atoms with Gasteiger partial charge in [-0.15, -0.1) is 0 Å². The van der Waals surface area contributed by atoms with Crippen LogP contribution in [0.2, 0.25) is 5.02 Å². The number of hydrogen-bond donors (Lipinski definition) is 1. The largest absolute Gasteiger partial charge is 0.318 e. The standard InChI is InChI=1S/C11H11ClN4O/c1-2-16-7-9(6-14-16)15-11(17)10-5-8(12)3-4-13-10/h3-7H,2H2,1H3,(H,15,17). The van der Waals surface area contributed by atoms with Gasteiger partial charge in [0.2, 0.25) is 0 Å². The Morgan fingerprint density at radius 1 is 1.59 bits per heavy atom. The zero-order valence-electron chi connectivity index (χ0n) is 9.22.